The summed E-state index contributed by atoms with van der Waals surface area (Å²) >= 11 is 5.80. The molecule has 4 N–H and O–H groups in total. The van der Waals surface area contributed by atoms with Gasteiger partial charge in [-0.2, -0.15) is 0 Å². The molecule has 0 heterocycles. The van der Waals surface area contributed by atoms with Crippen LogP contribution in [0.4, 0.5) is 5.69 Å². The molecule has 0 saturated carbocycles. The van der Waals surface area contributed by atoms with Crippen molar-refractivity contribution in [1.82, 2.24) is 5.32 Å². The topological polar surface area (TPSA) is 135 Å². The first-order valence-corrected chi connectivity index (χ1v) is 12.7. The molecule has 168 valence electrons. The van der Waals surface area contributed by atoms with Crippen LogP contribution in [0.3, 0.4) is 0 Å². The third kappa shape index (κ3) is 6.30. The van der Waals surface area contributed by atoms with Crippen molar-refractivity contribution in [3.05, 3.63) is 88.9 Å². The second-order valence-electron chi connectivity index (χ2n) is 6.83. The lowest BCUT2D eigenvalue weighted by Crippen LogP contribution is -2.25. The maximum Gasteiger partial charge on any atom is 0.261 e. The zero-order chi connectivity index (χ0) is 23.4. The van der Waals surface area contributed by atoms with Gasteiger partial charge in [0, 0.05) is 22.8 Å². The van der Waals surface area contributed by atoms with Crippen LogP contribution in [0.1, 0.15) is 15.9 Å². The van der Waals surface area contributed by atoms with Gasteiger partial charge in [-0.25, -0.2) is 22.0 Å². The summed E-state index contributed by atoms with van der Waals surface area (Å²) in [5.41, 5.74) is 1.50. The van der Waals surface area contributed by atoms with Crippen LogP contribution in [-0.2, 0) is 26.5 Å². The lowest BCUT2D eigenvalue weighted by molar-refractivity contribution is 0.0954. The number of anilines is 1. The first-order chi connectivity index (χ1) is 15.0. The zero-order valence-electron chi connectivity index (χ0n) is 16.7. The highest BCUT2D eigenvalue weighted by Gasteiger charge is 2.15. The second kappa shape index (κ2) is 9.70. The number of rotatable bonds is 8. The summed E-state index contributed by atoms with van der Waals surface area (Å²) in [5, 5.41) is 8.29. The Hall–Kier alpha value is -2.92. The van der Waals surface area contributed by atoms with Crippen LogP contribution in [0.25, 0.3) is 0 Å². The summed E-state index contributed by atoms with van der Waals surface area (Å²) in [5.74, 6) is -0.360. The molecular weight excluding hydrogens is 474 g/mol. The van der Waals surface area contributed by atoms with Gasteiger partial charge in [-0.3, -0.25) is 9.52 Å². The van der Waals surface area contributed by atoms with Crippen LogP contribution in [0.15, 0.2) is 82.6 Å². The number of sulfonamides is 2. The van der Waals surface area contributed by atoms with Crippen molar-refractivity contribution in [3.63, 3.8) is 0 Å². The highest BCUT2D eigenvalue weighted by atomic mass is 35.5. The SMILES string of the molecule is NS(=O)(=O)c1ccc(CCNC(=O)c2ccc(S(=O)(=O)Nc3ccc(Cl)cc3)cc2)cc1. The van der Waals surface area contributed by atoms with E-state index in [1.807, 2.05) is 0 Å². The van der Waals surface area contributed by atoms with E-state index in [1.165, 1.54) is 36.4 Å². The maximum atomic E-state index is 12.5. The molecule has 0 atom stereocenters. The minimum atomic E-state index is -3.81. The summed E-state index contributed by atoms with van der Waals surface area (Å²) in [6, 6.07) is 17.8. The van der Waals surface area contributed by atoms with Crippen LogP contribution >= 0.6 is 11.6 Å². The van der Waals surface area contributed by atoms with E-state index in [9.17, 15) is 21.6 Å². The Balaban J connectivity index is 1.57. The molecule has 32 heavy (non-hydrogen) atoms. The van der Waals surface area contributed by atoms with Crippen molar-refractivity contribution in [2.24, 2.45) is 5.14 Å². The van der Waals surface area contributed by atoms with Gasteiger partial charge in [-0.05, 0) is 72.6 Å². The quantitative estimate of drug-likeness (QED) is 0.443. The van der Waals surface area contributed by atoms with Gasteiger partial charge >= 0.3 is 0 Å². The minimum absolute atomic E-state index is 0.0129. The fraction of sp³-hybridized carbons (Fsp3) is 0.0952. The number of nitrogens with one attached hydrogen (secondary N) is 2. The molecule has 0 aliphatic heterocycles. The Bertz CT molecular complexity index is 1310. The Morgan fingerprint density at radius 2 is 1.38 bits per heavy atom. The number of hydrogen-bond acceptors (Lipinski definition) is 5. The van der Waals surface area contributed by atoms with Crippen molar-refractivity contribution >= 4 is 43.2 Å². The molecule has 3 aromatic carbocycles. The van der Waals surface area contributed by atoms with E-state index in [4.69, 9.17) is 16.7 Å². The van der Waals surface area contributed by atoms with E-state index in [2.05, 4.69) is 10.0 Å². The summed E-state index contributed by atoms with van der Waals surface area (Å²) < 4.78 is 50.0. The Labute approximate surface area is 191 Å². The molecule has 0 aliphatic rings. The van der Waals surface area contributed by atoms with Gasteiger partial charge in [0.05, 0.1) is 9.79 Å². The van der Waals surface area contributed by atoms with E-state index < -0.39 is 20.0 Å². The number of primary sulfonamides is 1. The molecule has 0 radical (unpaired) electrons. The lowest BCUT2D eigenvalue weighted by Gasteiger charge is -2.09. The third-order valence-corrected chi connectivity index (χ3v) is 7.05. The number of carbonyl (C=O) groups is 1. The number of halogens is 1. The molecule has 0 spiro atoms. The van der Waals surface area contributed by atoms with Crippen LogP contribution in [0.2, 0.25) is 5.02 Å². The summed E-state index contributed by atoms with van der Waals surface area (Å²) in [7, 11) is -7.56. The molecule has 0 fully saturated rings. The number of carbonyl (C=O) groups excluding carboxylic acids is 1. The van der Waals surface area contributed by atoms with E-state index in [-0.39, 0.29) is 15.7 Å². The van der Waals surface area contributed by atoms with Gasteiger partial charge in [0.1, 0.15) is 0 Å². The fourth-order valence-electron chi connectivity index (χ4n) is 2.79. The molecule has 3 rings (SSSR count). The van der Waals surface area contributed by atoms with Crippen molar-refractivity contribution < 1.29 is 21.6 Å². The molecule has 1 amide bonds. The van der Waals surface area contributed by atoms with Crippen LogP contribution in [0, 0.1) is 0 Å². The summed E-state index contributed by atoms with van der Waals surface area (Å²) in [4.78, 5) is 12.4. The van der Waals surface area contributed by atoms with Gasteiger partial charge < -0.3 is 5.32 Å². The van der Waals surface area contributed by atoms with Gasteiger partial charge in [-0.15, -0.1) is 0 Å². The predicted octanol–water partition coefficient (Wildman–Crippen LogP) is 2.76. The van der Waals surface area contributed by atoms with E-state index in [1.54, 1.807) is 36.4 Å². The standard InChI is InChI=1S/C21H20ClN3O5S2/c22-17-5-7-18(8-6-17)25-32(29,30)20-11-3-16(4-12-20)21(26)24-14-13-15-1-9-19(10-2-15)31(23,27)28/h1-12,25H,13-14H2,(H,24,26)(H2,23,27,28). The van der Waals surface area contributed by atoms with Gasteiger partial charge in [-0.1, -0.05) is 23.7 Å². The molecular formula is C21H20ClN3O5S2. The molecule has 11 heteroatoms. The van der Waals surface area contributed by atoms with Gasteiger partial charge in [0.15, 0.2) is 0 Å². The highest BCUT2D eigenvalue weighted by molar-refractivity contribution is 7.92. The number of amides is 1. The molecule has 0 unspecified atom stereocenters. The molecule has 8 nitrogen and oxygen atoms in total. The molecule has 0 saturated heterocycles. The predicted molar refractivity (Wildman–Crippen MR) is 123 cm³/mol. The highest BCUT2D eigenvalue weighted by Crippen LogP contribution is 2.19. The second-order valence-corrected chi connectivity index (χ2v) is 10.5. The van der Waals surface area contributed by atoms with Crippen molar-refractivity contribution in [2.75, 3.05) is 11.3 Å². The van der Waals surface area contributed by atoms with E-state index >= 15 is 0 Å². The average Bonchev–Trinajstić information content (AvgIpc) is 2.75. The minimum Gasteiger partial charge on any atom is -0.352 e. The Morgan fingerprint density at radius 1 is 0.812 bits per heavy atom. The summed E-state index contributed by atoms with van der Waals surface area (Å²) in [6.45, 7) is 0.311. The van der Waals surface area contributed by atoms with Crippen LogP contribution in [0.5, 0.6) is 0 Å². The largest absolute Gasteiger partial charge is 0.352 e. The lowest BCUT2D eigenvalue weighted by atomic mass is 10.1. The van der Waals surface area contributed by atoms with E-state index in [0.717, 1.165) is 5.56 Å². The van der Waals surface area contributed by atoms with Crippen molar-refractivity contribution in [1.29, 1.82) is 0 Å². The van der Waals surface area contributed by atoms with E-state index in [0.29, 0.717) is 29.2 Å². The smallest absolute Gasteiger partial charge is 0.261 e. The van der Waals surface area contributed by atoms with Crippen LogP contribution in [-0.4, -0.2) is 29.3 Å². The number of benzene rings is 3. The van der Waals surface area contributed by atoms with Crippen molar-refractivity contribution in [2.45, 2.75) is 16.2 Å². The van der Waals surface area contributed by atoms with Gasteiger partial charge in [0.25, 0.3) is 15.9 Å². The summed E-state index contributed by atoms with van der Waals surface area (Å²) in [6.07, 6.45) is 0.480. The third-order valence-electron chi connectivity index (χ3n) is 4.47. The fourth-order valence-corrected chi connectivity index (χ4v) is 4.49. The number of hydrogen-bond donors (Lipinski definition) is 3. The number of nitrogens with two attached hydrogens (primary N) is 1. The first kappa shape index (κ1) is 23.7. The monoisotopic (exact) mass is 493 g/mol. The van der Waals surface area contributed by atoms with Crippen LogP contribution < -0.4 is 15.2 Å². The van der Waals surface area contributed by atoms with Crippen molar-refractivity contribution in [3.8, 4) is 0 Å². The zero-order valence-corrected chi connectivity index (χ0v) is 19.0. The Morgan fingerprint density at radius 3 is 1.94 bits per heavy atom. The maximum absolute atomic E-state index is 12.5. The molecule has 3 aromatic rings. The molecule has 0 aliphatic carbocycles. The molecule has 0 bridgehead atoms. The molecule has 0 aromatic heterocycles. The normalized spacial score (nSPS) is 11.7. The average molecular weight is 494 g/mol. The Kier molecular flexibility index (Phi) is 7.19. The van der Waals surface area contributed by atoms with Gasteiger partial charge in [0.2, 0.25) is 10.0 Å². The first-order valence-electron chi connectivity index (χ1n) is 9.33.